The highest BCUT2D eigenvalue weighted by molar-refractivity contribution is 5.03. The molecule has 6 nitrogen and oxygen atoms in total. The van der Waals surface area contributed by atoms with Crippen LogP contribution in [-0.4, -0.2) is 42.8 Å². The third-order valence-corrected chi connectivity index (χ3v) is 2.30. The minimum absolute atomic E-state index is 0.138. The summed E-state index contributed by atoms with van der Waals surface area (Å²) in [6.45, 7) is 5.30. The fourth-order valence-electron chi connectivity index (χ4n) is 1.42. The van der Waals surface area contributed by atoms with Crippen LogP contribution >= 0.6 is 0 Å². The maximum Gasteiger partial charge on any atom is 0.121 e. The average molecular weight is 213 g/mol. The Morgan fingerprint density at radius 1 is 1.40 bits per heavy atom. The zero-order valence-corrected chi connectivity index (χ0v) is 8.73. The van der Waals surface area contributed by atoms with E-state index < -0.39 is 0 Å². The molecule has 0 saturated carbocycles. The predicted molar refractivity (Wildman–Crippen MR) is 51.3 cm³/mol. The largest absolute Gasteiger partial charge is 0.376 e. The average Bonchev–Trinajstić information content (AvgIpc) is 2.66. The summed E-state index contributed by atoms with van der Waals surface area (Å²) in [5.41, 5.74) is 1.66. The van der Waals surface area contributed by atoms with Gasteiger partial charge in [0, 0.05) is 13.1 Å². The molecular formula is C9H15N3O3. The van der Waals surface area contributed by atoms with Gasteiger partial charge in [-0.25, -0.2) is 4.63 Å². The van der Waals surface area contributed by atoms with Gasteiger partial charge in [-0.15, -0.1) is 0 Å². The highest BCUT2D eigenvalue weighted by atomic mass is 16.6. The van der Waals surface area contributed by atoms with Crippen LogP contribution in [0.25, 0.3) is 0 Å². The second-order valence-electron chi connectivity index (χ2n) is 3.49. The third-order valence-electron chi connectivity index (χ3n) is 2.30. The molecule has 1 aromatic rings. The maximum absolute atomic E-state index is 5.48. The number of aryl methyl sites for hydroxylation is 1. The van der Waals surface area contributed by atoms with Gasteiger partial charge in [-0.05, 0) is 6.92 Å². The molecule has 0 aromatic carbocycles. The van der Waals surface area contributed by atoms with Crippen LogP contribution in [-0.2, 0) is 16.0 Å². The molecule has 1 N–H and O–H groups in total. The topological polar surface area (TPSA) is 69.4 Å². The van der Waals surface area contributed by atoms with Gasteiger partial charge >= 0.3 is 0 Å². The van der Waals surface area contributed by atoms with Crippen LogP contribution in [0.4, 0.5) is 0 Å². The third kappa shape index (κ3) is 2.98. The molecule has 2 rings (SSSR count). The monoisotopic (exact) mass is 213 g/mol. The van der Waals surface area contributed by atoms with Gasteiger partial charge in [-0.1, -0.05) is 10.3 Å². The second kappa shape index (κ2) is 5.20. The van der Waals surface area contributed by atoms with E-state index in [9.17, 15) is 0 Å². The molecule has 2 heterocycles. The Bertz CT molecular complexity index is 297. The Kier molecular flexibility index (Phi) is 3.65. The fourth-order valence-corrected chi connectivity index (χ4v) is 1.42. The molecular weight excluding hydrogens is 198 g/mol. The van der Waals surface area contributed by atoms with Gasteiger partial charge in [0.05, 0.1) is 25.9 Å². The molecule has 1 aliphatic heterocycles. The Hall–Kier alpha value is -0.980. The molecule has 0 bridgehead atoms. The summed E-state index contributed by atoms with van der Waals surface area (Å²) >= 11 is 0. The van der Waals surface area contributed by atoms with Crippen LogP contribution < -0.4 is 5.32 Å². The molecule has 1 aromatic heterocycles. The summed E-state index contributed by atoms with van der Waals surface area (Å²) in [5.74, 6) is 0. The van der Waals surface area contributed by atoms with Crippen molar-refractivity contribution in [2.24, 2.45) is 0 Å². The van der Waals surface area contributed by atoms with Gasteiger partial charge in [0.1, 0.15) is 11.4 Å². The number of ether oxygens (including phenoxy) is 2. The van der Waals surface area contributed by atoms with Crippen molar-refractivity contribution in [1.82, 2.24) is 15.6 Å². The number of rotatable bonds is 4. The minimum atomic E-state index is 0.138. The molecule has 1 atom stereocenters. The van der Waals surface area contributed by atoms with Crippen LogP contribution in [0.3, 0.4) is 0 Å². The molecule has 0 spiro atoms. The van der Waals surface area contributed by atoms with Crippen molar-refractivity contribution in [3.8, 4) is 0 Å². The van der Waals surface area contributed by atoms with Gasteiger partial charge in [0.25, 0.3) is 0 Å². The summed E-state index contributed by atoms with van der Waals surface area (Å²) in [6.07, 6.45) is 0.138. The first-order valence-electron chi connectivity index (χ1n) is 5.04. The highest BCUT2D eigenvalue weighted by Gasteiger charge is 2.14. The summed E-state index contributed by atoms with van der Waals surface area (Å²) < 4.78 is 15.4. The summed E-state index contributed by atoms with van der Waals surface area (Å²) in [6, 6.07) is 0. The normalized spacial score (nSPS) is 21.8. The van der Waals surface area contributed by atoms with Crippen LogP contribution in [0.5, 0.6) is 0 Å². The van der Waals surface area contributed by atoms with Crippen molar-refractivity contribution in [2.75, 3.05) is 26.4 Å². The van der Waals surface area contributed by atoms with E-state index in [2.05, 4.69) is 20.3 Å². The molecule has 0 aliphatic carbocycles. The fraction of sp³-hybridized carbons (Fsp3) is 0.778. The zero-order chi connectivity index (χ0) is 10.5. The summed E-state index contributed by atoms with van der Waals surface area (Å²) in [7, 11) is 0. The van der Waals surface area contributed by atoms with E-state index in [4.69, 9.17) is 9.47 Å². The van der Waals surface area contributed by atoms with Crippen molar-refractivity contribution in [3.63, 3.8) is 0 Å². The van der Waals surface area contributed by atoms with Gasteiger partial charge in [-0.3, -0.25) is 0 Å². The lowest BCUT2D eigenvalue weighted by Gasteiger charge is -2.22. The molecule has 1 fully saturated rings. The molecule has 0 amide bonds. The molecule has 0 radical (unpaired) electrons. The number of nitrogens with zero attached hydrogens (tertiary/aromatic N) is 2. The van der Waals surface area contributed by atoms with Gasteiger partial charge in [0.2, 0.25) is 0 Å². The first kappa shape index (κ1) is 10.5. The lowest BCUT2D eigenvalue weighted by Crippen LogP contribution is -2.37. The predicted octanol–water partition coefficient (Wildman–Crippen LogP) is -0.117. The van der Waals surface area contributed by atoms with Crippen molar-refractivity contribution < 1.29 is 14.1 Å². The van der Waals surface area contributed by atoms with Gasteiger partial charge < -0.3 is 14.8 Å². The second-order valence-corrected chi connectivity index (χ2v) is 3.49. The van der Waals surface area contributed by atoms with Crippen molar-refractivity contribution in [2.45, 2.75) is 19.6 Å². The van der Waals surface area contributed by atoms with Crippen molar-refractivity contribution in [3.05, 3.63) is 11.4 Å². The van der Waals surface area contributed by atoms with Gasteiger partial charge in [0.15, 0.2) is 0 Å². The van der Waals surface area contributed by atoms with E-state index in [1.807, 2.05) is 6.92 Å². The Labute approximate surface area is 87.9 Å². The van der Waals surface area contributed by atoms with Crippen LogP contribution in [0.15, 0.2) is 4.63 Å². The van der Waals surface area contributed by atoms with E-state index in [1.165, 1.54) is 0 Å². The van der Waals surface area contributed by atoms with Crippen LogP contribution in [0.1, 0.15) is 11.4 Å². The lowest BCUT2D eigenvalue weighted by atomic mass is 10.3. The van der Waals surface area contributed by atoms with Crippen molar-refractivity contribution in [1.29, 1.82) is 0 Å². The number of aromatic nitrogens is 2. The Morgan fingerprint density at radius 2 is 2.33 bits per heavy atom. The molecule has 6 heteroatoms. The molecule has 1 saturated heterocycles. The summed E-state index contributed by atoms with van der Waals surface area (Å²) in [5, 5.41) is 10.7. The SMILES string of the molecule is Cc1nonc1CNCC1COCCO1. The highest BCUT2D eigenvalue weighted by Crippen LogP contribution is 2.01. The minimum Gasteiger partial charge on any atom is -0.376 e. The molecule has 1 aliphatic rings. The number of nitrogens with one attached hydrogen (secondary N) is 1. The van der Waals surface area contributed by atoms with Crippen molar-refractivity contribution >= 4 is 0 Å². The number of hydrogen-bond acceptors (Lipinski definition) is 6. The van der Waals surface area contributed by atoms with E-state index in [1.54, 1.807) is 0 Å². The van der Waals surface area contributed by atoms with Crippen LogP contribution in [0.2, 0.25) is 0 Å². The first-order valence-corrected chi connectivity index (χ1v) is 5.04. The summed E-state index contributed by atoms with van der Waals surface area (Å²) in [4.78, 5) is 0. The first-order chi connectivity index (χ1) is 7.36. The van der Waals surface area contributed by atoms with Gasteiger partial charge in [-0.2, -0.15) is 0 Å². The van der Waals surface area contributed by atoms with E-state index in [0.717, 1.165) is 17.9 Å². The zero-order valence-electron chi connectivity index (χ0n) is 8.73. The van der Waals surface area contributed by atoms with E-state index in [-0.39, 0.29) is 6.10 Å². The maximum atomic E-state index is 5.48. The lowest BCUT2D eigenvalue weighted by molar-refractivity contribution is -0.0864. The molecule has 1 unspecified atom stereocenters. The van der Waals surface area contributed by atoms with Crippen LogP contribution in [0, 0.1) is 6.92 Å². The van der Waals surface area contributed by atoms with E-state index in [0.29, 0.717) is 26.4 Å². The Balaban J connectivity index is 1.68. The molecule has 84 valence electrons. The standard InChI is InChI=1S/C9H15N3O3/c1-7-9(12-15-11-7)5-10-4-8-6-13-2-3-14-8/h8,10H,2-6H2,1H3. The quantitative estimate of drug-likeness (QED) is 0.752. The number of hydrogen-bond donors (Lipinski definition) is 1. The molecule has 15 heavy (non-hydrogen) atoms. The Morgan fingerprint density at radius 3 is 3.00 bits per heavy atom. The van der Waals surface area contributed by atoms with E-state index >= 15 is 0 Å². The smallest absolute Gasteiger partial charge is 0.121 e.